The van der Waals surface area contributed by atoms with Crippen LogP contribution in [0.2, 0.25) is 15.1 Å². The number of nitrogens with zero attached hydrogens (tertiary/aromatic N) is 1. The Labute approximate surface area is 184 Å². The summed E-state index contributed by atoms with van der Waals surface area (Å²) in [4.78, 5) is 13.3. The van der Waals surface area contributed by atoms with Gasteiger partial charge in [-0.25, -0.2) is 0 Å². The van der Waals surface area contributed by atoms with Crippen LogP contribution in [-0.2, 0) is 4.79 Å². The third-order valence-corrected chi connectivity index (χ3v) is 6.38. The molecule has 0 spiro atoms. The predicted molar refractivity (Wildman–Crippen MR) is 116 cm³/mol. The first kappa shape index (κ1) is 20.0. The van der Waals surface area contributed by atoms with E-state index in [2.05, 4.69) is 11.4 Å². The third-order valence-electron chi connectivity index (χ3n) is 5.56. The number of benzene rings is 2. The van der Waals surface area contributed by atoms with Gasteiger partial charge in [-0.3, -0.25) is 4.79 Å². The van der Waals surface area contributed by atoms with Crippen LogP contribution in [-0.4, -0.2) is 5.78 Å². The molecular weight excluding hydrogens is 427 g/mol. The lowest BCUT2D eigenvalue weighted by atomic mass is 9.72. The van der Waals surface area contributed by atoms with E-state index < -0.39 is 5.92 Å². The molecule has 6 heteroatoms. The van der Waals surface area contributed by atoms with E-state index in [9.17, 15) is 10.1 Å². The second-order valence-electron chi connectivity index (χ2n) is 7.35. The number of nitriles is 1. The first-order valence-electron chi connectivity index (χ1n) is 9.23. The van der Waals surface area contributed by atoms with Crippen molar-refractivity contribution in [3.05, 3.63) is 91.2 Å². The molecule has 1 aliphatic heterocycles. The summed E-state index contributed by atoms with van der Waals surface area (Å²) in [6, 6.07) is 15.1. The minimum absolute atomic E-state index is 0.0231. The number of halogens is 3. The topological polar surface area (TPSA) is 52.9 Å². The monoisotopic (exact) mass is 442 g/mol. The maximum absolute atomic E-state index is 13.3. The Bertz CT molecular complexity index is 1110. The predicted octanol–water partition coefficient (Wildman–Crippen LogP) is 6.53. The fourth-order valence-electron chi connectivity index (χ4n) is 4.20. The van der Waals surface area contributed by atoms with Crippen LogP contribution < -0.4 is 5.32 Å². The Kier molecular flexibility index (Phi) is 5.44. The summed E-state index contributed by atoms with van der Waals surface area (Å²) in [5.41, 5.74) is 4.53. The lowest BCUT2D eigenvalue weighted by Crippen LogP contribution is -2.33. The SMILES string of the molecule is CC1=C(C#N)[C@@H](c2ccc(Cl)cc2Cl)C2=C(C[C@H](c3ccc(Cl)cc3)CC2=O)N1. The first-order valence-corrected chi connectivity index (χ1v) is 10.4. The van der Waals surface area contributed by atoms with E-state index in [0.717, 1.165) is 22.5 Å². The second kappa shape index (κ2) is 7.88. The lowest BCUT2D eigenvalue weighted by Gasteiger charge is -2.36. The van der Waals surface area contributed by atoms with Crippen LogP contribution in [0, 0.1) is 11.3 Å². The summed E-state index contributed by atoms with van der Waals surface area (Å²) >= 11 is 18.5. The third kappa shape index (κ3) is 3.69. The van der Waals surface area contributed by atoms with Crippen LogP contribution in [0.25, 0.3) is 0 Å². The summed E-state index contributed by atoms with van der Waals surface area (Å²) in [7, 11) is 0. The average Bonchev–Trinajstić information content (AvgIpc) is 2.67. The minimum atomic E-state index is -0.486. The van der Waals surface area contributed by atoms with Gasteiger partial charge in [0, 0.05) is 38.5 Å². The van der Waals surface area contributed by atoms with E-state index in [0.29, 0.717) is 39.1 Å². The van der Waals surface area contributed by atoms with Gasteiger partial charge in [0.2, 0.25) is 0 Å². The maximum atomic E-state index is 13.3. The molecule has 0 aromatic heterocycles. The van der Waals surface area contributed by atoms with Gasteiger partial charge >= 0.3 is 0 Å². The van der Waals surface area contributed by atoms with Crippen molar-refractivity contribution in [3.63, 3.8) is 0 Å². The van der Waals surface area contributed by atoms with Gasteiger partial charge in [0.15, 0.2) is 5.78 Å². The molecule has 1 aliphatic carbocycles. The average molecular weight is 444 g/mol. The lowest BCUT2D eigenvalue weighted by molar-refractivity contribution is -0.116. The summed E-state index contributed by atoms with van der Waals surface area (Å²) in [6.07, 6.45) is 1.06. The van der Waals surface area contributed by atoms with Crippen molar-refractivity contribution in [2.45, 2.75) is 31.6 Å². The van der Waals surface area contributed by atoms with Gasteiger partial charge in [-0.1, -0.05) is 53.0 Å². The molecule has 2 atom stereocenters. The van der Waals surface area contributed by atoms with Crippen molar-refractivity contribution >= 4 is 40.6 Å². The van der Waals surface area contributed by atoms with Gasteiger partial charge in [0.1, 0.15) is 0 Å². The number of carbonyl (C=O) groups excluding carboxylic acids is 1. The number of ketones is 1. The molecular formula is C23H17Cl3N2O. The Morgan fingerprint density at radius 1 is 1.03 bits per heavy atom. The number of hydrogen-bond donors (Lipinski definition) is 1. The standard InChI is InChI=1S/C23H17Cl3N2O/c1-12-18(11-27)22(17-7-6-16(25)10-19(17)26)23-20(28-12)8-14(9-21(23)29)13-2-4-15(24)5-3-13/h2-7,10,14,22,28H,8-9H2,1H3/t14-,22+/m0/s1. The Morgan fingerprint density at radius 3 is 2.38 bits per heavy atom. The molecule has 0 saturated carbocycles. The van der Waals surface area contributed by atoms with Gasteiger partial charge in [-0.05, 0) is 54.7 Å². The number of carbonyl (C=O) groups is 1. The van der Waals surface area contributed by atoms with Crippen LogP contribution >= 0.6 is 34.8 Å². The van der Waals surface area contributed by atoms with Crippen molar-refractivity contribution in [2.24, 2.45) is 0 Å². The molecule has 0 amide bonds. The molecule has 2 aromatic carbocycles. The number of nitrogens with one attached hydrogen (secondary N) is 1. The molecule has 2 aromatic rings. The molecule has 29 heavy (non-hydrogen) atoms. The van der Waals surface area contributed by atoms with Crippen molar-refractivity contribution < 1.29 is 4.79 Å². The first-order chi connectivity index (χ1) is 13.9. The van der Waals surface area contributed by atoms with Crippen LogP contribution in [0.3, 0.4) is 0 Å². The number of dihydropyridines is 1. The van der Waals surface area contributed by atoms with Crippen molar-refractivity contribution in [2.75, 3.05) is 0 Å². The molecule has 1 heterocycles. The Balaban J connectivity index is 1.80. The van der Waals surface area contributed by atoms with Crippen molar-refractivity contribution in [1.29, 1.82) is 5.26 Å². The molecule has 0 saturated heterocycles. The highest BCUT2D eigenvalue weighted by molar-refractivity contribution is 6.35. The molecule has 0 bridgehead atoms. The van der Waals surface area contributed by atoms with Gasteiger partial charge in [-0.15, -0.1) is 0 Å². The maximum Gasteiger partial charge on any atom is 0.162 e. The van der Waals surface area contributed by atoms with Crippen LogP contribution in [0.5, 0.6) is 0 Å². The van der Waals surface area contributed by atoms with E-state index in [4.69, 9.17) is 34.8 Å². The van der Waals surface area contributed by atoms with E-state index >= 15 is 0 Å². The number of Topliss-reactive ketones (excluding diaryl/α,β-unsaturated/α-hetero) is 1. The van der Waals surface area contributed by atoms with Gasteiger partial charge in [0.25, 0.3) is 0 Å². The Hall–Kier alpha value is -2.25. The summed E-state index contributed by atoms with van der Waals surface area (Å²) < 4.78 is 0. The zero-order valence-electron chi connectivity index (χ0n) is 15.6. The quantitative estimate of drug-likeness (QED) is 0.574. The minimum Gasteiger partial charge on any atom is -0.361 e. The summed E-state index contributed by atoms with van der Waals surface area (Å²) in [5.74, 6) is -0.404. The van der Waals surface area contributed by atoms with Crippen molar-refractivity contribution in [1.82, 2.24) is 5.32 Å². The Morgan fingerprint density at radius 2 is 1.72 bits per heavy atom. The number of allylic oxidation sites excluding steroid dienone is 4. The highest BCUT2D eigenvalue weighted by atomic mass is 35.5. The summed E-state index contributed by atoms with van der Waals surface area (Å²) in [5, 5.41) is 14.7. The molecule has 146 valence electrons. The highest BCUT2D eigenvalue weighted by Gasteiger charge is 2.39. The van der Waals surface area contributed by atoms with Crippen LogP contribution in [0.15, 0.2) is 65.0 Å². The zero-order chi connectivity index (χ0) is 20.7. The van der Waals surface area contributed by atoms with Crippen LogP contribution in [0.1, 0.15) is 42.7 Å². The fourth-order valence-corrected chi connectivity index (χ4v) is 4.85. The number of rotatable bonds is 2. The molecule has 4 rings (SSSR count). The smallest absolute Gasteiger partial charge is 0.162 e. The molecule has 0 radical (unpaired) electrons. The number of hydrogen-bond acceptors (Lipinski definition) is 3. The van der Waals surface area contributed by atoms with E-state index in [1.807, 2.05) is 31.2 Å². The van der Waals surface area contributed by atoms with E-state index in [1.54, 1.807) is 18.2 Å². The van der Waals surface area contributed by atoms with Gasteiger partial charge in [-0.2, -0.15) is 5.26 Å². The van der Waals surface area contributed by atoms with E-state index in [-0.39, 0.29) is 11.7 Å². The molecule has 0 unspecified atom stereocenters. The molecule has 2 aliphatic rings. The zero-order valence-corrected chi connectivity index (χ0v) is 17.9. The van der Waals surface area contributed by atoms with Crippen LogP contribution in [0.4, 0.5) is 0 Å². The van der Waals surface area contributed by atoms with Gasteiger partial charge in [0.05, 0.1) is 17.6 Å². The largest absolute Gasteiger partial charge is 0.361 e. The fraction of sp³-hybridized carbons (Fsp3) is 0.217. The highest BCUT2D eigenvalue weighted by Crippen LogP contribution is 2.46. The molecule has 1 N–H and O–H groups in total. The molecule has 0 fully saturated rings. The molecule has 3 nitrogen and oxygen atoms in total. The van der Waals surface area contributed by atoms with Gasteiger partial charge < -0.3 is 5.32 Å². The summed E-state index contributed by atoms with van der Waals surface area (Å²) in [6.45, 7) is 1.86. The normalized spacial score (nSPS) is 21.6. The van der Waals surface area contributed by atoms with E-state index in [1.165, 1.54) is 0 Å². The second-order valence-corrected chi connectivity index (χ2v) is 8.63. The van der Waals surface area contributed by atoms with Crippen molar-refractivity contribution in [3.8, 4) is 6.07 Å².